The largest absolute Gasteiger partial charge is 0.461 e. The zero-order chi connectivity index (χ0) is 13.5. The van der Waals surface area contributed by atoms with Crippen molar-refractivity contribution in [2.24, 2.45) is 5.92 Å². The third-order valence-electron chi connectivity index (χ3n) is 2.24. The Morgan fingerprint density at radius 3 is 2.78 bits per heavy atom. The lowest BCUT2D eigenvalue weighted by Crippen LogP contribution is -2.11. The molecule has 0 N–H and O–H groups in total. The molecular weight excluding hydrogens is 226 g/mol. The van der Waals surface area contributed by atoms with E-state index in [0.717, 1.165) is 11.1 Å². The summed E-state index contributed by atoms with van der Waals surface area (Å²) in [6.45, 7) is 6.18. The number of nitriles is 1. The highest BCUT2D eigenvalue weighted by Crippen LogP contribution is 2.10. The van der Waals surface area contributed by atoms with Gasteiger partial charge >= 0.3 is 5.97 Å². The molecule has 0 aliphatic rings. The predicted molar refractivity (Wildman–Crippen MR) is 70.6 cm³/mol. The molecular formula is C15H17NO2. The molecule has 3 nitrogen and oxygen atoms in total. The number of hydrogen-bond donors (Lipinski definition) is 0. The van der Waals surface area contributed by atoms with Crippen LogP contribution in [0.2, 0.25) is 0 Å². The number of rotatable bonds is 4. The first-order valence-corrected chi connectivity index (χ1v) is 5.88. The molecule has 0 fully saturated rings. The molecule has 0 amide bonds. The van der Waals surface area contributed by atoms with Crippen molar-refractivity contribution < 1.29 is 9.53 Å². The molecule has 3 heteroatoms. The minimum absolute atomic E-state index is 0.0289. The number of hydrogen-bond acceptors (Lipinski definition) is 3. The average Bonchev–Trinajstić information content (AvgIpc) is 2.33. The molecule has 0 aliphatic carbocycles. The Labute approximate surface area is 108 Å². The van der Waals surface area contributed by atoms with Crippen LogP contribution in [0.4, 0.5) is 0 Å². The van der Waals surface area contributed by atoms with Gasteiger partial charge in [-0.2, -0.15) is 5.26 Å². The zero-order valence-electron chi connectivity index (χ0n) is 10.9. The van der Waals surface area contributed by atoms with E-state index in [-0.39, 0.29) is 11.5 Å². The molecule has 0 atom stereocenters. The fourth-order valence-electron chi connectivity index (χ4n) is 1.38. The van der Waals surface area contributed by atoms with Gasteiger partial charge in [-0.05, 0) is 24.5 Å². The normalized spacial score (nSPS) is 11.2. The summed E-state index contributed by atoms with van der Waals surface area (Å²) in [6, 6.07) is 9.48. The van der Waals surface area contributed by atoms with Gasteiger partial charge in [0.1, 0.15) is 11.6 Å². The fraction of sp³-hybridized carbons (Fsp3) is 0.333. The van der Waals surface area contributed by atoms with E-state index in [1.54, 1.807) is 6.08 Å². The van der Waals surface area contributed by atoms with Crippen molar-refractivity contribution in [1.29, 1.82) is 5.26 Å². The second-order valence-corrected chi connectivity index (χ2v) is 4.58. The van der Waals surface area contributed by atoms with Crippen molar-refractivity contribution >= 4 is 12.0 Å². The van der Waals surface area contributed by atoms with Crippen molar-refractivity contribution in [3.8, 4) is 6.07 Å². The first-order chi connectivity index (χ1) is 8.52. The van der Waals surface area contributed by atoms with E-state index in [1.165, 1.54) is 0 Å². The Morgan fingerprint density at radius 1 is 1.50 bits per heavy atom. The van der Waals surface area contributed by atoms with E-state index < -0.39 is 5.97 Å². The van der Waals surface area contributed by atoms with Crippen molar-refractivity contribution in [2.75, 3.05) is 6.61 Å². The molecule has 1 aromatic rings. The van der Waals surface area contributed by atoms with Gasteiger partial charge in [-0.1, -0.05) is 43.7 Å². The topological polar surface area (TPSA) is 50.1 Å². The van der Waals surface area contributed by atoms with Crippen molar-refractivity contribution in [3.05, 3.63) is 41.0 Å². The molecule has 0 saturated carbocycles. The maximum Gasteiger partial charge on any atom is 0.348 e. The minimum atomic E-state index is -0.562. The Hall–Kier alpha value is -2.08. The smallest absolute Gasteiger partial charge is 0.348 e. The van der Waals surface area contributed by atoms with Gasteiger partial charge < -0.3 is 4.74 Å². The van der Waals surface area contributed by atoms with Gasteiger partial charge in [-0.3, -0.25) is 0 Å². The van der Waals surface area contributed by atoms with Crippen LogP contribution in [0.1, 0.15) is 25.0 Å². The van der Waals surface area contributed by atoms with E-state index >= 15 is 0 Å². The molecule has 0 unspecified atom stereocenters. The first kappa shape index (κ1) is 14.0. The maximum absolute atomic E-state index is 11.7. The van der Waals surface area contributed by atoms with Crippen LogP contribution in [0, 0.1) is 24.2 Å². The lowest BCUT2D eigenvalue weighted by molar-refractivity contribution is -0.139. The predicted octanol–water partition coefficient (Wildman–Crippen LogP) is 3.10. The van der Waals surface area contributed by atoms with Crippen LogP contribution in [-0.4, -0.2) is 12.6 Å². The first-order valence-electron chi connectivity index (χ1n) is 5.88. The molecule has 1 rings (SSSR count). The maximum atomic E-state index is 11.7. The van der Waals surface area contributed by atoms with Gasteiger partial charge in [0, 0.05) is 0 Å². The number of benzene rings is 1. The van der Waals surface area contributed by atoms with E-state index in [0.29, 0.717) is 6.61 Å². The second kappa shape index (κ2) is 6.61. The average molecular weight is 243 g/mol. The van der Waals surface area contributed by atoms with Gasteiger partial charge in [0.2, 0.25) is 0 Å². The monoisotopic (exact) mass is 243 g/mol. The summed E-state index contributed by atoms with van der Waals surface area (Å²) >= 11 is 0. The zero-order valence-corrected chi connectivity index (χ0v) is 10.9. The number of carbonyl (C=O) groups excluding carboxylic acids is 1. The third-order valence-corrected chi connectivity index (χ3v) is 2.24. The van der Waals surface area contributed by atoms with Crippen molar-refractivity contribution in [3.63, 3.8) is 0 Å². The lowest BCUT2D eigenvalue weighted by atomic mass is 10.1. The quantitative estimate of drug-likeness (QED) is 0.464. The second-order valence-electron chi connectivity index (χ2n) is 4.58. The van der Waals surface area contributed by atoms with E-state index in [4.69, 9.17) is 10.00 Å². The molecule has 0 radical (unpaired) electrons. The molecule has 1 aromatic carbocycles. The van der Waals surface area contributed by atoms with E-state index in [9.17, 15) is 4.79 Å². The molecule has 0 aliphatic heterocycles. The highest BCUT2D eigenvalue weighted by atomic mass is 16.5. The SMILES string of the molecule is Cc1cccc(/C=C(\C#N)C(=O)OCC(C)C)c1. The summed E-state index contributed by atoms with van der Waals surface area (Å²) in [4.78, 5) is 11.7. The molecule has 0 bridgehead atoms. The number of nitrogens with zero attached hydrogens (tertiary/aromatic N) is 1. The number of aryl methyl sites for hydroxylation is 1. The summed E-state index contributed by atoms with van der Waals surface area (Å²) in [6.07, 6.45) is 1.55. The van der Waals surface area contributed by atoms with E-state index in [2.05, 4.69) is 0 Å². The van der Waals surface area contributed by atoms with Crippen LogP contribution >= 0.6 is 0 Å². The van der Waals surface area contributed by atoms with Crippen LogP contribution in [-0.2, 0) is 9.53 Å². The Bertz CT molecular complexity index is 495. The Balaban J connectivity index is 2.83. The molecule has 0 saturated heterocycles. The molecule has 0 heterocycles. The summed E-state index contributed by atoms with van der Waals surface area (Å²) in [5, 5.41) is 8.97. The van der Waals surface area contributed by atoms with Crippen molar-refractivity contribution in [1.82, 2.24) is 0 Å². The molecule has 94 valence electrons. The number of ether oxygens (including phenoxy) is 1. The minimum Gasteiger partial charge on any atom is -0.461 e. The van der Waals surface area contributed by atoms with Crippen LogP contribution < -0.4 is 0 Å². The van der Waals surface area contributed by atoms with Crippen molar-refractivity contribution in [2.45, 2.75) is 20.8 Å². The van der Waals surface area contributed by atoms with Crippen LogP contribution in [0.15, 0.2) is 29.8 Å². The van der Waals surface area contributed by atoms with Crippen LogP contribution in [0.5, 0.6) is 0 Å². The van der Waals surface area contributed by atoms with Crippen LogP contribution in [0.3, 0.4) is 0 Å². The van der Waals surface area contributed by atoms with Gasteiger partial charge in [-0.25, -0.2) is 4.79 Å². The molecule has 18 heavy (non-hydrogen) atoms. The highest BCUT2D eigenvalue weighted by Gasteiger charge is 2.11. The summed E-state index contributed by atoms with van der Waals surface area (Å²) in [5.74, 6) is -0.305. The van der Waals surface area contributed by atoms with Gasteiger partial charge in [0.15, 0.2) is 0 Å². The number of esters is 1. The van der Waals surface area contributed by atoms with E-state index in [1.807, 2.05) is 51.1 Å². The summed E-state index contributed by atoms with van der Waals surface area (Å²) in [5.41, 5.74) is 1.94. The number of carbonyl (C=O) groups is 1. The molecule has 0 aromatic heterocycles. The lowest BCUT2D eigenvalue weighted by Gasteiger charge is -2.06. The van der Waals surface area contributed by atoms with Gasteiger partial charge in [-0.15, -0.1) is 0 Å². The Morgan fingerprint density at radius 2 is 2.22 bits per heavy atom. The molecule has 0 spiro atoms. The van der Waals surface area contributed by atoms with Gasteiger partial charge in [0.05, 0.1) is 6.61 Å². The Kier molecular flexibility index (Phi) is 5.13. The van der Waals surface area contributed by atoms with Crippen LogP contribution in [0.25, 0.3) is 6.08 Å². The fourth-order valence-corrected chi connectivity index (χ4v) is 1.38. The standard InChI is InChI=1S/C15H17NO2/c1-11(2)10-18-15(17)14(9-16)8-13-6-4-5-12(3)7-13/h4-8,11H,10H2,1-3H3/b14-8+. The highest BCUT2D eigenvalue weighted by molar-refractivity contribution is 5.97. The summed E-state index contributed by atoms with van der Waals surface area (Å²) < 4.78 is 5.03. The summed E-state index contributed by atoms with van der Waals surface area (Å²) in [7, 11) is 0. The van der Waals surface area contributed by atoms with Gasteiger partial charge in [0.25, 0.3) is 0 Å². The third kappa shape index (κ3) is 4.42.